The van der Waals surface area contributed by atoms with Gasteiger partial charge in [-0.1, -0.05) is 54.6 Å². The van der Waals surface area contributed by atoms with Gasteiger partial charge in [0.2, 0.25) is 0 Å². The van der Waals surface area contributed by atoms with Crippen LogP contribution in [0.5, 0.6) is 0 Å². The lowest BCUT2D eigenvalue weighted by molar-refractivity contribution is -0.696. The van der Waals surface area contributed by atoms with Crippen LogP contribution in [0.15, 0.2) is 67.0 Å². The highest BCUT2D eigenvalue weighted by atomic mass is 79.9. The maximum Gasteiger partial charge on any atom is 0.309 e. The molecule has 3 nitrogen and oxygen atoms in total. The number of pyridine rings is 1. The van der Waals surface area contributed by atoms with Crippen molar-refractivity contribution in [3.63, 3.8) is 0 Å². The molecule has 0 saturated heterocycles. The number of carboxylic acid groups (broad SMARTS) is 1. The summed E-state index contributed by atoms with van der Waals surface area (Å²) in [7, 11) is 0. The second-order valence-corrected chi connectivity index (χ2v) is 5.41. The predicted molar refractivity (Wildman–Crippen MR) is 91.8 cm³/mol. The summed E-state index contributed by atoms with van der Waals surface area (Å²) in [6.07, 6.45) is 8.13. The molecule has 0 bridgehead atoms. The zero-order valence-electron chi connectivity index (χ0n) is 13.1. The number of fused-ring (bicyclic) bond motifs is 1. The number of rotatable bonds is 5. The summed E-state index contributed by atoms with van der Waals surface area (Å²) < 4.78 is 1.88. The van der Waals surface area contributed by atoms with Crippen LogP contribution in [0.3, 0.4) is 0 Å². The van der Waals surface area contributed by atoms with E-state index in [1.165, 1.54) is 16.3 Å². The van der Waals surface area contributed by atoms with E-state index in [4.69, 9.17) is 5.11 Å². The molecule has 1 N–H and O–H groups in total. The molecular formula is C20H18BrNO2. The number of hydrogen-bond acceptors (Lipinski definition) is 1. The molecule has 0 amide bonds. The topological polar surface area (TPSA) is 41.2 Å². The van der Waals surface area contributed by atoms with Gasteiger partial charge in [-0.25, -0.2) is 4.57 Å². The van der Waals surface area contributed by atoms with Gasteiger partial charge in [0, 0.05) is 12.1 Å². The lowest BCUT2D eigenvalue weighted by Gasteiger charge is -2.01. The number of hydrogen-bond donors (Lipinski definition) is 1. The molecule has 0 saturated carbocycles. The summed E-state index contributed by atoms with van der Waals surface area (Å²) in [4.78, 5) is 10.6. The first-order valence-electron chi connectivity index (χ1n) is 7.59. The van der Waals surface area contributed by atoms with Gasteiger partial charge in [-0.15, -0.1) is 0 Å². The molecule has 0 unspecified atom stereocenters. The minimum absolute atomic E-state index is 0. The lowest BCUT2D eigenvalue weighted by atomic mass is 10.0. The summed E-state index contributed by atoms with van der Waals surface area (Å²) in [5.74, 6) is -0.780. The van der Waals surface area contributed by atoms with Gasteiger partial charge in [0.25, 0.3) is 0 Å². The van der Waals surface area contributed by atoms with E-state index in [9.17, 15) is 4.79 Å². The number of aryl methyl sites for hydroxylation is 1. The summed E-state index contributed by atoms with van der Waals surface area (Å²) >= 11 is 0. The van der Waals surface area contributed by atoms with Crippen molar-refractivity contribution in [1.82, 2.24) is 0 Å². The summed E-state index contributed by atoms with van der Waals surface area (Å²) in [5.41, 5.74) is 2.27. The van der Waals surface area contributed by atoms with Gasteiger partial charge in [-0.05, 0) is 21.9 Å². The van der Waals surface area contributed by atoms with Gasteiger partial charge in [0.1, 0.15) is 6.42 Å². The molecule has 122 valence electrons. The average Bonchev–Trinajstić information content (AvgIpc) is 2.59. The molecule has 0 aliphatic rings. The second-order valence-electron chi connectivity index (χ2n) is 5.41. The third-order valence-electron chi connectivity index (χ3n) is 3.78. The molecule has 0 aliphatic heterocycles. The van der Waals surface area contributed by atoms with Gasteiger partial charge in [0.15, 0.2) is 18.9 Å². The summed E-state index contributed by atoms with van der Waals surface area (Å²) in [6.45, 7) is 0.489. The SMILES string of the molecule is O=C(O)CC[n+]1ccc(/C=C/c2cccc3ccccc23)cc1.[Br-]. The van der Waals surface area contributed by atoms with Crippen molar-refractivity contribution in [3.8, 4) is 0 Å². The van der Waals surface area contributed by atoms with Crippen molar-refractivity contribution >= 4 is 28.9 Å². The van der Waals surface area contributed by atoms with E-state index in [1.807, 2.05) is 41.2 Å². The lowest BCUT2D eigenvalue weighted by Crippen LogP contribution is -3.00. The first kappa shape index (κ1) is 17.9. The van der Waals surface area contributed by atoms with E-state index >= 15 is 0 Å². The van der Waals surface area contributed by atoms with Crippen molar-refractivity contribution in [2.75, 3.05) is 0 Å². The van der Waals surface area contributed by atoms with Crippen molar-refractivity contribution in [2.24, 2.45) is 0 Å². The predicted octanol–water partition coefficient (Wildman–Crippen LogP) is 0.776. The van der Waals surface area contributed by atoms with Crippen molar-refractivity contribution in [3.05, 3.63) is 78.1 Å². The highest BCUT2D eigenvalue weighted by molar-refractivity contribution is 5.92. The normalized spacial score (nSPS) is 10.7. The third-order valence-corrected chi connectivity index (χ3v) is 3.78. The van der Waals surface area contributed by atoms with Crippen molar-refractivity contribution in [2.45, 2.75) is 13.0 Å². The van der Waals surface area contributed by atoms with Gasteiger partial charge < -0.3 is 22.1 Å². The van der Waals surface area contributed by atoms with Crippen LogP contribution in [0.25, 0.3) is 22.9 Å². The second kappa shape index (κ2) is 8.41. The number of aromatic nitrogens is 1. The molecule has 1 aromatic heterocycles. The van der Waals surface area contributed by atoms with E-state index < -0.39 is 5.97 Å². The summed E-state index contributed by atoms with van der Waals surface area (Å²) in [5, 5.41) is 11.2. The van der Waals surface area contributed by atoms with E-state index in [0.29, 0.717) is 6.54 Å². The highest BCUT2D eigenvalue weighted by Gasteiger charge is 2.04. The largest absolute Gasteiger partial charge is 1.00 e. The van der Waals surface area contributed by atoms with Gasteiger partial charge in [-0.3, -0.25) is 4.79 Å². The van der Waals surface area contributed by atoms with Crippen LogP contribution in [0, 0.1) is 0 Å². The number of carboxylic acids is 1. The third kappa shape index (κ3) is 4.52. The molecule has 0 spiro atoms. The maximum absolute atomic E-state index is 10.6. The fourth-order valence-corrected chi connectivity index (χ4v) is 2.54. The van der Waals surface area contributed by atoms with Crippen LogP contribution in [0.2, 0.25) is 0 Å². The highest BCUT2D eigenvalue weighted by Crippen LogP contribution is 2.20. The first-order valence-corrected chi connectivity index (χ1v) is 7.59. The monoisotopic (exact) mass is 383 g/mol. The zero-order valence-corrected chi connectivity index (χ0v) is 14.7. The molecule has 0 fully saturated rings. The van der Waals surface area contributed by atoms with Crippen molar-refractivity contribution < 1.29 is 31.4 Å². The molecule has 0 atom stereocenters. The quantitative estimate of drug-likeness (QED) is 0.661. The molecular weight excluding hydrogens is 366 g/mol. The van der Waals surface area contributed by atoms with E-state index in [1.54, 1.807) is 0 Å². The Hall–Kier alpha value is -2.46. The molecule has 1 heterocycles. The fraction of sp³-hybridized carbons (Fsp3) is 0.100. The summed E-state index contributed by atoms with van der Waals surface area (Å²) in [6, 6.07) is 18.6. The minimum Gasteiger partial charge on any atom is -1.00 e. The Labute approximate surface area is 151 Å². The zero-order chi connectivity index (χ0) is 16.1. The Bertz CT molecular complexity index is 852. The number of halogens is 1. The van der Waals surface area contributed by atoms with Crippen LogP contribution in [0.1, 0.15) is 17.5 Å². The number of nitrogens with zero attached hydrogens (tertiary/aromatic N) is 1. The van der Waals surface area contributed by atoms with Crippen LogP contribution in [-0.4, -0.2) is 11.1 Å². The van der Waals surface area contributed by atoms with E-state index in [2.05, 4.69) is 42.5 Å². The molecule has 2 aromatic carbocycles. The Kier molecular flexibility index (Phi) is 6.27. The fourth-order valence-electron chi connectivity index (χ4n) is 2.54. The Morgan fingerprint density at radius 1 is 0.958 bits per heavy atom. The van der Waals surface area contributed by atoms with E-state index in [-0.39, 0.29) is 23.4 Å². The van der Waals surface area contributed by atoms with Crippen LogP contribution >= 0.6 is 0 Å². The van der Waals surface area contributed by atoms with Gasteiger partial charge in [-0.2, -0.15) is 0 Å². The number of aliphatic carboxylic acids is 1. The maximum atomic E-state index is 10.6. The molecule has 0 radical (unpaired) electrons. The molecule has 3 aromatic rings. The molecule has 24 heavy (non-hydrogen) atoms. The average molecular weight is 384 g/mol. The van der Waals surface area contributed by atoms with Crippen LogP contribution in [-0.2, 0) is 11.3 Å². The number of carbonyl (C=O) groups is 1. The number of benzene rings is 2. The molecule has 4 heteroatoms. The van der Waals surface area contributed by atoms with Gasteiger partial charge >= 0.3 is 5.97 Å². The smallest absolute Gasteiger partial charge is 0.309 e. The molecule has 3 rings (SSSR count). The van der Waals surface area contributed by atoms with Crippen LogP contribution < -0.4 is 21.5 Å². The van der Waals surface area contributed by atoms with Crippen molar-refractivity contribution in [1.29, 1.82) is 0 Å². The Morgan fingerprint density at radius 2 is 1.67 bits per heavy atom. The first-order chi connectivity index (χ1) is 11.2. The molecule has 0 aliphatic carbocycles. The van der Waals surface area contributed by atoms with Crippen LogP contribution in [0.4, 0.5) is 0 Å². The Balaban J connectivity index is 0.00000208. The standard InChI is InChI=1S/C20H17NO2.BrH/c22-20(23)12-15-21-13-10-16(11-14-21)8-9-18-6-3-5-17-4-1-2-7-19(17)18;/h1-11,13-14H,12,15H2;1H/b9-8+;. The van der Waals surface area contributed by atoms with E-state index in [0.717, 1.165) is 5.56 Å². The minimum atomic E-state index is -0.780. The Morgan fingerprint density at radius 3 is 2.42 bits per heavy atom. The van der Waals surface area contributed by atoms with Gasteiger partial charge in [0.05, 0.1) is 0 Å².